The molecule has 0 atom stereocenters. The summed E-state index contributed by atoms with van der Waals surface area (Å²) in [6.07, 6.45) is 0.461. The van der Waals surface area contributed by atoms with Crippen molar-refractivity contribution < 1.29 is 98.1 Å². The molecule has 38 heteroatoms. The second-order valence-electron chi connectivity index (χ2n) is 15.4. The molecule has 2 heterocycles. The number of aromatic hydroxyl groups is 2. The predicted molar refractivity (Wildman–Crippen MR) is 260 cm³/mol. The minimum atomic E-state index is -5.59. The first-order chi connectivity index (χ1) is 35.0. The number of carboxylic acids is 1. The van der Waals surface area contributed by atoms with E-state index in [0.29, 0.717) is 28.2 Å². The number of phenols is 1. The Kier molecular flexibility index (Phi) is 15.1. The highest BCUT2D eigenvalue weighted by molar-refractivity contribution is 7.91. The third-order valence-corrected chi connectivity index (χ3v) is 16.4. The zero-order valence-electron chi connectivity index (χ0n) is 37.6. The van der Waals surface area contributed by atoms with E-state index in [1.165, 1.54) is 13.0 Å². The number of carboxylic acid groups (broad SMARTS) is 1. The molecule has 0 amide bonds. The second-order valence-corrected chi connectivity index (χ2v) is 25.6. The van der Waals surface area contributed by atoms with Gasteiger partial charge in [0.05, 0.1) is 38.2 Å². The monoisotopic (exact) mass is 1190 g/mol. The van der Waals surface area contributed by atoms with Crippen LogP contribution in [0.15, 0.2) is 122 Å². The number of ether oxygens (including phenoxy) is 1. The number of hydrogen-bond donors (Lipinski definition) is 8. The van der Waals surface area contributed by atoms with Gasteiger partial charge in [-0.2, -0.15) is 51.9 Å². The van der Waals surface area contributed by atoms with E-state index < -0.39 is 148 Å². The molecular formula is C38H31N9O22S7. The number of aromatic nitrogens is 3. The molecule has 0 saturated carbocycles. The van der Waals surface area contributed by atoms with Gasteiger partial charge in [-0.15, -0.1) is 30.7 Å². The van der Waals surface area contributed by atoms with Crippen molar-refractivity contribution in [1.82, 2.24) is 14.8 Å². The van der Waals surface area contributed by atoms with Crippen LogP contribution < -0.4 is 4.74 Å². The number of azo groups is 3. The molecule has 5 aromatic carbocycles. The van der Waals surface area contributed by atoms with E-state index in [1.807, 2.05) is 0 Å². The Morgan fingerprint density at radius 2 is 1.28 bits per heavy atom. The van der Waals surface area contributed by atoms with E-state index in [9.17, 15) is 93.4 Å². The Balaban J connectivity index is 1.32. The first-order valence-corrected chi connectivity index (χ1v) is 30.1. The highest BCUT2D eigenvalue weighted by atomic mass is 32.2. The zero-order valence-corrected chi connectivity index (χ0v) is 43.4. The van der Waals surface area contributed by atoms with Crippen molar-refractivity contribution in [3.05, 3.63) is 78.0 Å². The van der Waals surface area contributed by atoms with Crippen LogP contribution in [-0.2, 0) is 60.4 Å². The molecule has 0 fully saturated rings. The maximum atomic E-state index is 13.0. The normalized spacial score (nSPS) is 13.2. The lowest BCUT2D eigenvalue weighted by atomic mass is 10.1. The number of benzene rings is 5. The average Bonchev–Trinajstić information content (AvgIpc) is 3.87. The molecule has 76 heavy (non-hydrogen) atoms. The largest absolute Gasteiger partial charge is 0.505 e. The Morgan fingerprint density at radius 1 is 0.658 bits per heavy atom. The Bertz CT molecular complexity index is 4410. The van der Waals surface area contributed by atoms with Gasteiger partial charge in [0.1, 0.15) is 43.0 Å². The minimum Gasteiger partial charge on any atom is -0.505 e. The fraction of sp³-hybridized carbons (Fsp3) is 0.132. The van der Waals surface area contributed by atoms with Crippen molar-refractivity contribution in [3.8, 4) is 23.1 Å². The summed E-state index contributed by atoms with van der Waals surface area (Å²) in [5.74, 6) is -5.25. The molecular weight excluding hydrogens is 1160 g/mol. The van der Waals surface area contributed by atoms with E-state index in [4.69, 9.17) is 4.74 Å². The lowest BCUT2D eigenvalue weighted by Gasteiger charge is -2.13. The van der Waals surface area contributed by atoms with Gasteiger partial charge in [0, 0.05) is 23.1 Å². The van der Waals surface area contributed by atoms with Gasteiger partial charge in [0.2, 0.25) is 16.7 Å². The fourth-order valence-electron chi connectivity index (χ4n) is 6.71. The topological polar surface area (TPSA) is 498 Å². The number of thiazole rings is 1. The summed E-state index contributed by atoms with van der Waals surface area (Å²) in [5, 5.41) is 57.2. The summed E-state index contributed by atoms with van der Waals surface area (Å²) in [6, 6.07) is 9.90. The molecule has 31 nitrogen and oxygen atoms in total. The number of sulfone groups is 1. The van der Waals surface area contributed by atoms with Gasteiger partial charge >= 0.3 is 5.97 Å². The van der Waals surface area contributed by atoms with Crippen LogP contribution in [0.4, 0.5) is 33.6 Å². The van der Waals surface area contributed by atoms with Crippen LogP contribution in [0.3, 0.4) is 0 Å². The first kappa shape index (κ1) is 56.4. The second kappa shape index (κ2) is 20.3. The van der Waals surface area contributed by atoms with Crippen LogP contribution in [0.5, 0.6) is 17.4 Å². The maximum absolute atomic E-state index is 13.0. The number of fused-ring (bicyclic) bond motifs is 2. The van der Waals surface area contributed by atoms with Crippen LogP contribution >= 0.6 is 11.3 Å². The number of phenolic OH excluding ortho intramolecular Hbond substituents is 1. The smallest absolute Gasteiger partial charge is 0.358 e. The first-order valence-electron chi connectivity index (χ1n) is 20.0. The summed E-state index contributed by atoms with van der Waals surface area (Å²) in [7, 11) is -29.4. The summed E-state index contributed by atoms with van der Waals surface area (Å²) < 4.78 is 202. The molecule has 0 unspecified atom stereocenters. The number of hydrogen-bond acceptors (Lipinski definition) is 25. The molecule has 2 aromatic heterocycles. The molecule has 0 aliphatic rings. The molecule has 0 aliphatic carbocycles. The molecule has 8 N–H and O–H groups in total. The predicted octanol–water partition coefficient (Wildman–Crippen LogP) is 6.35. The summed E-state index contributed by atoms with van der Waals surface area (Å²) in [6.45, 7) is 0.943. The van der Waals surface area contributed by atoms with Crippen LogP contribution in [0.1, 0.15) is 22.5 Å². The van der Waals surface area contributed by atoms with E-state index in [2.05, 4.69) is 40.8 Å². The third kappa shape index (κ3) is 12.3. The molecule has 0 saturated heterocycles. The van der Waals surface area contributed by atoms with E-state index >= 15 is 0 Å². The van der Waals surface area contributed by atoms with E-state index in [1.54, 1.807) is 0 Å². The van der Waals surface area contributed by atoms with Crippen molar-refractivity contribution >= 4 is 132 Å². The minimum absolute atomic E-state index is 0.0343. The van der Waals surface area contributed by atoms with Gasteiger partial charge in [-0.1, -0.05) is 11.3 Å². The van der Waals surface area contributed by atoms with Crippen LogP contribution in [0, 0.1) is 6.92 Å². The molecule has 7 aromatic rings. The zero-order chi connectivity index (χ0) is 56.2. The van der Waals surface area contributed by atoms with Gasteiger partial charge in [0.15, 0.2) is 21.3 Å². The van der Waals surface area contributed by atoms with Crippen LogP contribution in [0.2, 0.25) is 0 Å². The lowest BCUT2D eigenvalue weighted by molar-refractivity contribution is 0.0690. The number of aryl methyl sites for hydroxylation is 1. The Morgan fingerprint density at radius 3 is 1.86 bits per heavy atom. The maximum Gasteiger partial charge on any atom is 0.358 e. The summed E-state index contributed by atoms with van der Waals surface area (Å²) >= 11 is 0.670. The third-order valence-electron chi connectivity index (χ3n) is 10.1. The quantitative estimate of drug-likeness (QED) is 0.0264. The molecule has 0 bridgehead atoms. The van der Waals surface area contributed by atoms with E-state index in [-0.39, 0.29) is 50.1 Å². The lowest BCUT2D eigenvalue weighted by Crippen LogP contribution is -2.08. The summed E-state index contributed by atoms with van der Waals surface area (Å²) in [5.41, 5.74) is -4.73. The van der Waals surface area contributed by atoms with E-state index in [0.717, 1.165) is 54.8 Å². The Hall–Kier alpha value is -7.37. The van der Waals surface area contributed by atoms with Gasteiger partial charge in [0.25, 0.3) is 50.6 Å². The Labute approximate surface area is 430 Å². The molecule has 0 spiro atoms. The average molecular weight is 1190 g/mol. The molecule has 402 valence electrons. The molecule has 7 rings (SSSR count). The number of aromatic carboxylic acids is 1. The highest BCUT2D eigenvalue weighted by Crippen LogP contribution is 2.47. The molecule has 0 radical (unpaired) electrons. The van der Waals surface area contributed by atoms with Crippen LogP contribution in [-0.4, -0.2) is 128 Å². The number of carbonyl (C=O) groups is 1. The van der Waals surface area contributed by atoms with Gasteiger partial charge in [-0.05, 0) is 79.6 Å². The summed E-state index contributed by atoms with van der Waals surface area (Å²) in [4.78, 5) is 11.6. The van der Waals surface area contributed by atoms with Crippen molar-refractivity contribution in [2.45, 2.75) is 37.8 Å². The molecule has 0 aliphatic heterocycles. The van der Waals surface area contributed by atoms with Crippen molar-refractivity contribution in [1.29, 1.82) is 0 Å². The number of nitrogens with zero attached hydrogens (tertiary/aromatic N) is 9. The van der Waals surface area contributed by atoms with Gasteiger partial charge in [-0.25, -0.2) is 18.2 Å². The number of rotatable bonds is 18. The van der Waals surface area contributed by atoms with Crippen LogP contribution in [0.25, 0.3) is 26.7 Å². The van der Waals surface area contributed by atoms with Crippen molar-refractivity contribution in [3.63, 3.8) is 0 Å². The SMILES string of the molecule is Cc1cc(N=Nc2c(S(=O)(=O)O)cc3c(S(=O)(=O)O)c(N=Nc4c(C(=O)O)nn(-c5ccc(S(=O)(=O)O)cc5)c4O)ccc3c2O)c(OCCCS(=O)(=O)O)cc1N=Nc1nc2c(S(=O)(=O)O)cc(S(C)(=O)=O)cc2s1. The van der Waals surface area contributed by atoms with Gasteiger partial charge in [-0.3, -0.25) is 22.8 Å². The fourth-order valence-corrected chi connectivity index (χ4v) is 11.5. The van der Waals surface area contributed by atoms with Crippen molar-refractivity contribution in [2.75, 3.05) is 18.6 Å². The van der Waals surface area contributed by atoms with Crippen molar-refractivity contribution in [2.24, 2.45) is 30.7 Å². The highest BCUT2D eigenvalue weighted by Gasteiger charge is 2.30. The van der Waals surface area contributed by atoms with Gasteiger partial charge < -0.3 is 20.1 Å². The standard InChI is InChI=1S/C38H31N9O22S7/c1-17-12-25(26(69-10-3-11-72(54,55)56)16-24(17)41-45-38-39-30-27(70-38)13-20(71(2,52)53)14-28(30)74(60,61)62)42-43-31-29(75(63,64)65)15-22-21(34(31)48)8-9-23(35(22)76(66,67)68)40-44-32-33(37(50)51)46-47(36(32)49)18-4-6-19(7-5-18)73(57,58)59/h4-9,12-16,48-49H,3,10-11H2,1-2H3,(H,50,51)(H,54,55,56)(H,57,58,59)(H,60,61,62)(H,63,64,65)(H,66,67,68).